The predicted molar refractivity (Wildman–Crippen MR) is 92.3 cm³/mol. The Labute approximate surface area is 142 Å². The fraction of sp³-hybridized carbons (Fsp3) is 0.556. The van der Waals surface area contributed by atoms with Gasteiger partial charge in [0, 0.05) is 32.7 Å². The first-order chi connectivity index (χ1) is 11.4. The number of piperazine rings is 1. The second kappa shape index (κ2) is 7.64. The third-order valence-corrected chi connectivity index (χ3v) is 4.40. The summed E-state index contributed by atoms with van der Waals surface area (Å²) in [5.41, 5.74) is -0.528. The molecule has 1 aliphatic heterocycles. The molecular weight excluding hydrogens is 309 g/mol. The molecule has 0 radical (unpaired) electrons. The standard InChI is InChI=1S/C18H26FN3O2/c1-4-9-20-16(23)18(2,3)17(24)22-12-10-21(11-13-22)15-8-6-5-7-14(15)19/h5-8H,4,9-13H2,1-3H3,(H,20,23). The monoisotopic (exact) mass is 335 g/mol. The number of halogens is 1. The molecular formula is C18H26FN3O2. The van der Waals surface area contributed by atoms with Crippen molar-refractivity contribution < 1.29 is 14.0 Å². The Morgan fingerprint density at radius 2 is 1.79 bits per heavy atom. The summed E-state index contributed by atoms with van der Waals surface area (Å²) in [6.07, 6.45) is 0.831. The normalized spacial score (nSPS) is 15.3. The van der Waals surface area contributed by atoms with Crippen molar-refractivity contribution in [2.45, 2.75) is 27.2 Å². The molecule has 1 saturated heterocycles. The van der Waals surface area contributed by atoms with Gasteiger partial charge in [-0.15, -0.1) is 0 Å². The van der Waals surface area contributed by atoms with E-state index >= 15 is 0 Å². The highest BCUT2D eigenvalue weighted by Gasteiger charge is 2.39. The highest BCUT2D eigenvalue weighted by atomic mass is 19.1. The molecule has 2 rings (SSSR count). The third kappa shape index (κ3) is 3.86. The lowest BCUT2D eigenvalue weighted by molar-refractivity contribution is -0.148. The lowest BCUT2D eigenvalue weighted by Gasteiger charge is -2.39. The van der Waals surface area contributed by atoms with Gasteiger partial charge in [0.25, 0.3) is 0 Å². The SMILES string of the molecule is CCCNC(=O)C(C)(C)C(=O)N1CCN(c2ccccc2F)CC1. The molecule has 1 aliphatic rings. The van der Waals surface area contributed by atoms with Crippen LogP contribution in [0.4, 0.5) is 10.1 Å². The molecule has 132 valence electrons. The van der Waals surface area contributed by atoms with Crippen molar-refractivity contribution in [1.29, 1.82) is 0 Å². The van der Waals surface area contributed by atoms with Crippen LogP contribution >= 0.6 is 0 Å². The average molecular weight is 335 g/mol. The Bertz CT molecular complexity index is 596. The van der Waals surface area contributed by atoms with Crippen LogP contribution < -0.4 is 10.2 Å². The zero-order valence-corrected chi connectivity index (χ0v) is 14.6. The van der Waals surface area contributed by atoms with Crippen molar-refractivity contribution in [3.63, 3.8) is 0 Å². The molecule has 2 amide bonds. The van der Waals surface area contributed by atoms with Gasteiger partial charge < -0.3 is 15.1 Å². The molecule has 0 aromatic heterocycles. The molecule has 0 bridgehead atoms. The zero-order chi connectivity index (χ0) is 17.7. The van der Waals surface area contributed by atoms with Crippen LogP contribution in [-0.2, 0) is 9.59 Å². The summed E-state index contributed by atoms with van der Waals surface area (Å²) in [6.45, 7) is 7.93. The molecule has 1 fully saturated rings. The number of hydrogen-bond donors (Lipinski definition) is 1. The Morgan fingerprint density at radius 3 is 2.38 bits per heavy atom. The van der Waals surface area contributed by atoms with Crippen molar-refractivity contribution in [2.75, 3.05) is 37.6 Å². The van der Waals surface area contributed by atoms with Gasteiger partial charge >= 0.3 is 0 Å². The van der Waals surface area contributed by atoms with Crippen LogP contribution in [0.3, 0.4) is 0 Å². The fourth-order valence-corrected chi connectivity index (χ4v) is 2.81. The summed E-state index contributed by atoms with van der Waals surface area (Å²) >= 11 is 0. The first kappa shape index (κ1) is 18.2. The molecule has 0 aliphatic carbocycles. The molecule has 0 atom stereocenters. The Morgan fingerprint density at radius 1 is 1.17 bits per heavy atom. The molecule has 0 spiro atoms. The lowest BCUT2D eigenvalue weighted by Crippen LogP contribution is -2.55. The molecule has 1 aromatic rings. The van der Waals surface area contributed by atoms with Crippen LogP contribution in [0.1, 0.15) is 27.2 Å². The number of nitrogens with one attached hydrogen (secondary N) is 1. The number of anilines is 1. The van der Waals surface area contributed by atoms with Crippen molar-refractivity contribution in [3.8, 4) is 0 Å². The van der Waals surface area contributed by atoms with Gasteiger partial charge in [-0.25, -0.2) is 4.39 Å². The maximum absolute atomic E-state index is 13.9. The summed E-state index contributed by atoms with van der Waals surface area (Å²) in [5.74, 6) is -0.674. The van der Waals surface area contributed by atoms with Gasteiger partial charge in [-0.2, -0.15) is 0 Å². The minimum Gasteiger partial charge on any atom is -0.366 e. The van der Waals surface area contributed by atoms with Crippen molar-refractivity contribution in [1.82, 2.24) is 10.2 Å². The molecule has 24 heavy (non-hydrogen) atoms. The second-order valence-electron chi connectivity index (χ2n) is 6.61. The van der Waals surface area contributed by atoms with E-state index in [2.05, 4.69) is 5.32 Å². The second-order valence-corrected chi connectivity index (χ2v) is 6.61. The van der Waals surface area contributed by atoms with E-state index in [0.29, 0.717) is 38.4 Å². The highest BCUT2D eigenvalue weighted by Crippen LogP contribution is 2.23. The maximum Gasteiger partial charge on any atom is 0.237 e. The van der Waals surface area contributed by atoms with Gasteiger partial charge in [0.05, 0.1) is 5.69 Å². The van der Waals surface area contributed by atoms with E-state index in [0.717, 1.165) is 6.42 Å². The first-order valence-electron chi connectivity index (χ1n) is 8.45. The van der Waals surface area contributed by atoms with E-state index in [1.54, 1.807) is 36.9 Å². The summed E-state index contributed by atoms with van der Waals surface area (Å²) in [6, 6.07) is 6.65. The van der Waals surface area contributed by atoms with E-state index in [-0.39, 0.29) is 17.6 Å². The summed E-state index contributed by atoms with van der Waals surface area (Å²) < 4.78 is 13.9. The van der Waals surface area contributed by atoms with E-state index in [9.17, 15) is 14.0 Å². The lowest BCUT2D eigenvalue weighted by atomic mass is 9.90. The predicted octanol–water partition coefficient (Wildman–Crippen LogP) is 2.03. The van der Waals surface area contributed by atoms with Crippen molar-refractivity contribution in [2.24, 2.45) is 5.41 Å². The molecule has 5 nitrogen and oxygen atoms in total. The molecule has 0 unspecified atom stereocenters. The zero-order valence-electron chi connectivity index (χ0n) is 14.6. The van der Waals surface area contributed by atoms with E-state index in [1.807, 2.05) is 11.8 Å². The number of hydrogen-bond acceptors (Lipinski definition) is 3. The van der Waals surface area contributed by atoms with Gasteiger partial charge in [-0.1, -0.05) is 19.1 Å². The van der Waals surface area contributed by atoms with Gasteiger partial charge in [-0.3, -0.25) is 9.59 Å². The van der Waals surface area contributed by atoms with Crippen LogP contribution in [-0.4, -0.2) is 49.4 Å². The first-order valence-corrected chi connectivity index (χ1v) is 8.45. The highest BCUT2D eigenvalue weighted by molar-refractivity contribution is 6.04. The molecule has 1 heterocycles. The Kier molecular flexibility index (Phi) is 5.80. The molecule has 6 heteroatoms. The maximum atomic E-state index is 13.9. The summed E-state index contributed by atoms with van der Waals surface area (Å²) in [7, 11) is 0. The fourth-order valence-electron chi connectivity index (χ4n) is 2.81. The van der Waals surface area contributed by atoms with Gasteiger partial charge in [0.2, 0.25) is 11.8 Å². The van der Waals surface area contributed by atoms with Gasteiger partial charge in [0.15, 0.2) is 0 Å². The Balaban J connectivity index is 1.97. The molecule has 0 saturated carbocycles. The smallest absolute Gasteiger partial charge is 0.237 e. The Hall–Kier alpha value is -2.11. The number of carbonyl (C=O) groups excluding carboxylic acids is 2. The van der Waals surface area contributed by atoms with Gasteiger partial charge in [0.1, 0.15) is 11.2 Å². The topological polar surface area (TPSA) is 52.7 Å². The largest absolute Gasteiger partial charge is 0.366 e. The summed E-state index contributed by atoms with van der Waals surface area (Å²) in [5, 5.41) is 2.79. The molecule has 1 aromatic carbocycles. The number of para-hydroxylation sites is 1. The minimum absolute atomic E-state index is 0.177. The van der Waals surface area contributed by atoms with Crippen LogP contribution in [0.5, 0.6) is 0 Å². The number of benzene rings is 1. The summed E-state index contributed by atoms with van der Waals surface area (Å²) in [4.78, 5) is 28.6. The van der Waals surface area contributed by atoms with Crippen molar-refractivity contribution in [3.05, 3.63) is 30.1 Å². The van der Waals surface area contributed by atoms with Gasteiger partial charge in [-0.05, 0) is 32.4 Å². The number of rotatable bonds is 5. The minimum atomic E-state index is -1.09. The van der Waals surface area contributed by atoms with E-state index in [1.165, 1.54) is 6.07 Å². The van der Waals surface area contributed by atoms with Crippen LogP contribution in [0.25, 0.3) is 0 Å². The van der Waals surface area contributed by atoms with Crippen LogP contribution in [0.2, 0.25) is 0 Å². The molecule has 1 N–H and O–H groups in total. The quantitative estimate of drug-likeness (QED) is 0.838. The van der Waals surface area contributed by atoms with E-state index in [4.69, 9.17) is 0 Å². The number of nitrogens with zero attached hydrogens (tertiary/aromatic N) is 2. The van der Waals surface area contributed by atoms with Crippen molar-refractivity contribution >= 4 is 17.5 Å². The number of carbonyl (C=O) groups is 2. The third-order valence-electron chi connectivity index (χ3n) is 4.40. The number of amides is 2. The van der Waals surface area contributed by atoms with E-state index < -0.39 is 5.41 Å². The van der Waals surface area contributed by atoms with Crippen LogP contribution in [0.15, 0.2) is 24.3 Å². The average Bonchev–Trinajstić information content (AvgIpc) is 2.59. The van der Waals surface area contributed by atoms with Crippen LogP contribution in [0, 0.1) is 11.2 Å².